The zero-order valence-electron chi connectivity index (χ0n) is 8.12. The van der Waals surface area contributed by atoms with Crippen LogP contribution in [0.1, 0.15) is 37.0 Å². The van der Waals surface area contributed by atoms with Gasteiger partial charge in [0, 0.05) is 5.56 Å². The van der Waals surface area contributed by atoms with Gasteiger partial charge in [-0.2, -0.15) is 0 Å². The maximum atomic E-state index is 11.3. The predicted octanol–water partition coefficient (Wildman–Crippen LogP) is 1.88. The number of carboxylic acid groups (broad SMARTS) is 1. The highest BCUT2D eigenvalue weighted by molar-refractivity contribution is 5.81. The maximum Gasteiger partial charge on any atom is 0.314 e. The third-order valence-electron chi connectivity index (χ3n) is 3.13. The van der Waals surface area contributed by atoms with Crippen molar-refractivity contribution in [1.29, 1.82) is 0 Å². The van der Waals surface area contributed by atoms with E-state index in [1.165, 1.54) is 0 Å². The summed E-state index contributed by atoms with van der Waals surface area (Å²) in [6.45, 7) is 1.77. The molecule has 1 heterocycles. The van der Waals surface area contributed by atoms with Gasteiger partial charge in [0.25, 0.3) is 0 Å². The summed E-state index contributed by atoms with van der Waals surface area (Å²) in [6.07, 6.45) is 4.89. The fourth-order valence-electron chi connectivity index (χ4n) is 2.34. The van der Waals surface area contributed by atoms with Crippen molar-refractivity contribution in [3.05, 3.63) is 17.5 Å². The molecule has 1 fully saturated rings. The van der Waals surface area contributed by atoms with Gasteiger partial charge in [-0.25, -0.2) is 0 Å². The number of aryl methyl sites for hydroxylation is 1. The number of aliphatic carboxylic acids is 1. The molecule has 76 valence electrons. The number of aromatic nitrogens is 1. The van der Waals surface area contributed by atoms with Crippen molar-refractivity contribution in [2.45, 2.75) is 38.0 Å². The Morgan fingerprint density at radius 2 is 2.21 bits per heavy atom. The molecule has 4 nitrogen and oxygen atoms in total. The van der Waals surface area contributed by atoms with Gasteiger partial charge in [-0.05, 0) is 19.8 Å². The van der Waals surface area contributed by atoms with Crippen LogP contribution in [-0.2, 0) is 10.2 Å². The van der Waals surface area contributed by atoms with Crippen LogP contribution >= 0.6 is 0 Å². The highest BCUT2D eigenvalue weighted by Gasteiger charge is 2.45. The standard InChI is InChI=1S/C10H13NO3/c1-7-8(6-11-14-7)10(9(12)13)4-2-3-5-10/h6H,2-5H2,1H3,(H,12,13). The van der Waals surface area contributed by atoms with Crippen LogP contribution in [0, 0.1) is 6.92 Å². The van der Waals surface area contributed by atoms with E-state index < -0.39 is 11.4 Å². The third kappa shape index (κ3) is 1.14. The average Bonchev–Trinajstić information content (AvgIpc) is 2.72. The molecule has 1 aromatic heterocycles. The Kier molecular flexibility index (Phi) is 2.06. The smallest absolute Gasteiger partial charge is 0.314 e. The summed E-state index contributed by atoms with van der Waals surface area (Å²) in [7, 11) is 0. The van der Waals surface area contributed by atoms with E-state index >= 15 is 0 Å². The molecule has 0 bridgehead atoms. The van der Waals surface area contributed by atoms with Gasteiger partial charge in [-0.15, -0.1) is 0 Å². The van der Waals surface area contributed by atoms with Crippen LogP contribution in [-0.4, -0.2) is 16.2 Å². The third-order valence-corrected chi connectivity index (χ3v) is 3.13. The molecule has 1 aliphatic carbocycles. The van der Waals surface area contributed by atoms with Gasteiger partial charge in [-0.1, -0.05) is 18.0 Å². The fraction of sp³-hybridized carbons (Fsp3) is 0.600. The minimum absolute atomic E-state index is 0.634. The zero-order valence-corrected chi connectivity index (χ0v) is 8.12. The summed E-state index contributed by atoms with van der Waals surface area (Å²) in [5, 5.41) is 12.9. The zero-order chi connectivity index (χ0) is 10.2. The molecule has 0 atom stereocenters. The molecule has 1 saturated carbocycles. The van der Waals surface area contributed by atoms with Crippen LogP contribution < -0.4 is 0 Å². The summed E-state index contributed by atoms with van der Waals surface area (Å²) >= 11 is 0. The molecule has 14 heavy (non-hydrogen) atoms. The molecule has 1 N–H and O–H groups in total. The van der Waals surface area contributed by atoms with Gasteiger partial charge >= 0.3 is 5.97 Å². The quantitative estimate of drug-likeness (QED) is 0.782. The Hall–Kier alpha value is -1.32. The average molecular weight is 195 g/mol. The Morgan fingerprint density at radius 1 is 1.57 bits per heavy atom. The van der Waals surface area contributed by atoms with Crippen molar-refractivity contribution in [2.75, 3.05) is 0 Å². The van der Waals surface area contributed by atoms with E-state index in [0.717, 1.165) is 18.4 Å². The van der Waals surface area contributed by atoms with Gasteiger partial charge in [0.1, 0.15) is 5.76 Å². The molecule has 1 aromatic rings. The number of carbonyl (C=O) groups is 1. The minimum atomic E-state index is -0.749. The molecule has 0 unspecified atom stereocenters. The molecule has 0 saturated heterocycles. The molecule has 0 radical (unpaired) electrons. The molecule has 1 aliphatic rings. The lowest BCUT2D eigenvalue weighted by Gasteiger charge is -2.22. The number of hydrogen-bond acceptors (Lipinski definition) is 3. The van der Waals surface area contributed by atoms with E-state index in [9.17, 15) is 9.90 Å². The lowest BCUT2D eigenvalue weighted by molar-refractivity contribution is -0.143. The summed E-state index contributed by atoms with van der Waals surface area (Å²) in [6, 6.07) is 0. The normalized spacial score (nSPS) is 19.8. The maximum absolute atomic E-state index is 11.3. The Morgan fingerprint density at radius 3 is 2.64 bits per heavy atom. The van der Waals surface area contributed by atoms with Crippen molar-refractivity contribution in [1.82, 2.24) is 5.16 Å². The number of carboxylic acids is 1. The van der Waals surface area contributed by atoms with E-state index in [-0.39, 0.29) is 0 Å². The summed E-state index contributed by atoms with van der Waals surface area (Å²) in [5.74, 6) is -0.115. The minimum Gasteiger partial charge on any atom is -0.481 e. The number of nitrogens with zero attached hydrogens (tertiary/aromatic N) is 1. The number of rotatable bonds is 2. The van der Waals surface area contributed by atoms with Crippen molar-refractivity contribution in [3.8, 4) is 0 Å². The fourth-order valence-corrected chi connectivity index (χ4v) is 2.34. The first-order valence-corrected chi connectivity index (χ1v) is 4.82. The lowest BCUT2D eigenvalue weighted by atomic mass is 9.79. The van der Waals surface area contributed by atoms with Crippen molar-refractivity contribution >= 4 is 5.97 Å². The van der Waals surface area contributed by atoms with Gasteiger partial charge in [0.2, 0.25) is 0 Å². The van der Waals surface area contributed by atoms with Crippen LogP contribution in [0.3, 0.4) is 0 Å². The first kappa shape index (κ1) is 9.24. The largest absolute Gasteiger partial charge is 0.481 e. The first-order valence-electron chi connectivity index (χ1n) is 4.82. The topological polar surface area (TPSA) is 63.3 Å². The molecule has 0 spiro atoms. The molecule has 2 rings (SSSR count). The van der Waals surface area contributed by atoms with Crippen molar-refractivity contribution in [3.63, 3.8) is 0 Å². The van der Waals surface area contributed by atoms with Crippen LogP contribution in [0.5, 0.6) is 0 Å². The summed E-state index contributed by atoms with van der Waals surface area (Å²) < 4.78 is 4.94. The van der Waals surface area contributed by atoms with Crippen molar-refractivity contribution < 1.29 is 14.4 Å². The van der Waals surface area contributed by atoms with Crippen LogP contribution in [0.15, 0.2) is 10.7 Å². The highest BCUT2D eigenvalue weighted by Crippen LogP contribution is 2.42. The second kappa shape index (κ2) is 3.12. The second-order valence-electron chi connectivity index (χ2n) is 3.89. The Balaban J connectivity index is 2.46. The van der Waals surface area contributed by atoms with Crippen molar-refractivity contribution in [2.24, 2.45) is 0 Å². The van der Waals surface area contributed by atoms with Gasteiger partial charge in [0.15, 0.2) is 0 Å². The first-order chi connectivity index (χ1) is 6.67. The molecular formula is C10H13NO3. The molecule has 4 heteroatoms. The van der Waals surface area contributed by atoms with Crippen LogP contribution in [0.2, 0.25) is 0 Å². The summed E-state index contributed by atoms with van der Waals surface area (Å²) in [4.78, 5) is 11.3. The predicted molar refractivity (Wildman–Crippen MR) is 49.0 cm³/mol. The molecule has 0 amide bonds. The van der Waals surface area contributed by atoms with Gasteiger partial charge in [0.05, 0.1) is 11.6 Å². The van der Waals surface area contributed by atoms with Crippen LogP contribution in [0.4, 0.5) is 0 Å². The highest BCUT2D eigenvalue weighted by atomic mass is 16.5. The summed E-state index contributed by atoms with van der Waals surface area (Å²) in [5.41, 5.74) is 0.0203. The molecule has 0 aliphatic heterocycles. The van der Waals surface area contributed by atoms with E-state index in [2.05, 4.69) is 5.16 Å². The van der Waals surface area contributed by atoms with E-state index in [0.29, 0.717) is 18.6 Å². The number of hydrogen-bond donors (Lipinski definition) is 1. The van der Waals surface area contributed by atoms with Gasteiger partial charge in [-0.3, -0.25) is 4.79 Å². The van der Waals surface area contributed by atoms with Gasteiger partial charge < -0.3 is 9.63 Å². The molecule has 0 aromatic carbocycles. The molecular weight excluding hydrogens is 182 g/mol. The lowest BCUT2D eigenvalue weighted by Crippen LogP contribution is -2.32. The Labute approximate surface area is 81.9 Å². The SMILES string of the molecule is Cc1oncc1C1(C(=O)O)CCCC1. The van der Waals surface area contributed by atoms with E-state index in [1.807, 2.05) is 0 Å². The van der Waals surface area contributed by atoms with E-state index in [4.69, 9.17) is 4.52 Å². The monoisotopic (exact) mass is 195 g/mol. The Bertz CT molecular complexity index is 350. The van der Waals surface area contributed by atoms with E-state index in [1.54, 1.807) is 13.1 Å². The second-order valence-corrected chi connectivity index (χ2v) is 3.89. The van der Waals surface area contributed by atoms with Crippen LogP contribution in [0.25, 0.3) is 0 Å².